The number of amides is 3. The summed E-state index contributed by atoms with van der Waals surface area (Å²) in [6.45, 7) is 3.07. The molecule has 3 amide bonds. The maximum Gasteiger partial charge on any atom is 0.318 e. The van der Waals surface area contributed by atoms with Gasteiger partial charge in [0, 0.05) is 31.7 Å². The van der Waals surface area contributed by atoms with Gasteiger partial charge in [0.2, 0.25) is 5.91 Å². The molecule has 25 heavy (non-hydrogen) atoms. The van der Waals surface area contributed by atoms with Crippen molar-refractivity contribution < 1.29 is 14.0 Å². The van der Waals surface area contributed by atoms with Gasteiger partial charge in [-0.1, -0.05) is 19.3 Å². The van der Waals surface area contributed by atoms with Gasteiger partial charge in [-0.15, -0.1) is 0 Å². The number of nitrogens with one attached hydrogen (secondary N) is 1. The van der Waals surface area contributed by atoms with Crippen LogP contribution in [-0.4, -0.2) is 47.4 Å². The summed E-state index contributed by atoms with van der Waals surface area (Å²) < 4.78 is 5.30. The molecular formula is C19H29N3O3. The SMILES string of the molecule is Cc1occc1CN(C)C(=O)[C@H]1CCCN1C(=O)NC1CCCCC1. The molecule has 6 nitrogen and oxygen atoms in total. The van der Waals surface area contributed by atoms with Crippen LogP contribution in [0, 0.1) is 6.92 Å². The molecule has 1 atom stereocenters. The standard InChI is InChI=1S/C19H29N3O3/c1-14-15(10-12-25-14)13-21(2)18(23)17-9-6-11-22(17)19(24)20-16-7-4-3-5-8-16/h10,12,16-17H,3-9,11,13H2,1-2H3,(H,20,24)/t17-/m1/s1. The molecule has 6 heteroatoms. The van der Waals surface area contributed by atoms with E-state index in [1.807, 2.05) is 13.0 Å². The zero-order chi connectivity index (χ0) is 17.8. The third-order valence-electron chi connectivity index (χ3n) is 5.48. The summed E-state index contributed by atoms with van der Waals surface area (Å²) in [6.07, 6.45) is 8.99. The summed E-state index contributed by atoms with van der Waals surface area (Å²) in [5.74, 6) is 0.842. The Morgan fingerprint density at radius 3 is 2.68 bits per heavy atom. The first-order valence-electron chi connectivity index (χ1n) is 9.41. The number of aryl methyl sites for hydroxylation is 1. The van der Waals surface area contributed by atoms with E-state index in [9.17, 15) is 9.59 Å². The normalized spacial score (nSPS) is 21.4. The lowest BCUT2D eigenvalue weighted by Gasteiger charge is -2.30. The summed E-state index contributed by atoms with van der Waals surface area (Å²) in [7, 11) is 1.80. The van der Waals surface area contributed by atoms with E-state index in [2.05, 4.69) is 5.32 Å². The number of urea groups is 1. The first kappa shape index (κ1) is 17.8. The van der Waals surface area contributed by atoms with Crippen molar-refractivity contribution in [2.45, 2.75) is 70.5 Å². The second kappa shape index (κ2) is 7.93. The van der Waals surface area contributed by atoms with Crippen molar-refractivity contribution in [1.29, 1.82) is 0 Å². The Hall–Kier alpha value is -1.98. The molecule has 138 valence electrons. The Morgan fingerprint density at radius 1 is 1.24 bits per heavy atom. The summed E-state index contributed by atoms with van der Waals surface area (Å²) in [5, 5.41) is 3.14. The number of rotatable bonds is 4. The van der Waals surface area contributed by atoms with Crippen LogP contribution >= 0.6 is 0 Å². The molecule has 1 aromatic heterocycles. The fraction of sp³-hybridized carbons (Fsp3) is 0.684. The van der Waals surface area contributed by atoms with Crippen LogP contribution in [-0.2, 0) is 11.3 Å². The Balaban J connectivity index is 1.58. The van der Waals surface area contributed by atoms with Gasteiger partial charge >= 0.3 is 6.03 Å². The molecule has 1 saturated carbocycles. The molecule has 1 N–H and O–H groups in total. The minimum absolute atomic E-state index is 0.0110. The fourth-order valence-electron chi connectivity index (χ4n) is 3.93. The van der Waals surface area contributed by atoms with Gasteiger partial charge in [0.25, 0.3) is 0 Å². The molecule has 2 heterocycles. The largest absolute Gasteiger partial charge is 0.469 e. The minimum Gasteiger partial charge on any atom is -0.469 e. The molecule has 1 aliphatic heterocycles. The van der Waals surface area contributed by atoms with Gasteiger partial charge in [0.05, 0.1) is 6.26 Å². The third-order valence-corrected chi connectivity index (χ3v) is 5.48. The number of nitrogens with zero attached hydrogens (tertiary/aromatic N) is 2. The van der Waals surface area contributed by atoms with Crippen LogP contribution in [0.5, 0.6) is 0 Å². The van der Waals surface area contributed by atoms with Crippen LogP contribution in [0.4, 0.5) is 4.79 Å². The number of hydrogen-bond donors (Lipinski definition) is 1. The molecule has 0 radical (unpaired) electrons. The predicted molar refractivity (Wildman–Crippen MR) is 95.1 cm³/mol. The van der Waals surface area contributed by atoms with E-state index in [1.54, 1.807) is 23.1 Å². The zero-order valence-electron chi connectivity index (χ0n) is 15.3. The van der Waals surface area contributed by atoms with E-state index in [4.69, 9.17) is 4.42 Å². The Kier molecular flexibility index (Phi) is 5.66. The van der Waals surface area contributed by atoms with Crippen LogP contribution < -0.4 is 5.32 Å². The molecule has 1 aromatic rings. The average Bonchev–Trinajstić information content (AvgIpc) is 3.24. The van der Waals surface area contributed by atoms with Crippen molar-refractivity contribution in [3.8, 4) is 0 Å². The van der Waals surface area contributed by atoms with Crippen LogP contribution in [0.3, 0.4) is 0 Å². The highest BCUT2D eigenvalue weighted by molar-refractivity contribution is 5.87. The molecule has 0 aromatic carbocycles. The van der Waals surface area contributed by atoms with Crippen molar-refractivity contribution in [1.82, 2.24) is 15.1 Å². The summed E-state index contributed by atoms with van der Waals surface area (Å²) in [5.41, 5.74) is 1.01. The number of carbonyl (C=O) groups is 2. The molecule has 2 aliphatic rings. The van der Waals surface area contributed by atoms with E-state index < -0.39 is 0 Å². The van der Waals surface area contributed by atoms with Gasteiger partial charge < -0.3 is 19.5 Å². The Morgan fingerprint density at radius 2 is 2.00 bits per heavy atom. The topological polar surface area (TPSA) is 65.8 Å². The third kappa shape index (κ3) is 4.17. The summed E-state index contributed by atoms with van der Waals surface area (Å²) >= 11 is 0. The maximum atomic E-state index is 12.9. The van der Waals surface area contributed by atoms with Gasteiger partial charge in [-0.2, -0.15) is 0 Å². The van der Waals surface area contributed by atoms with E-state index in [0.717, 1.165) is 37.0 Å². The Labute approximate surface area is 149 Å². The maximum absolute atomic E-state index is 12.9. The molecule has 1 aliphatic carbocycles. The highest BCUT2D eigenvalue weighted by Crippen LogP contribution is 2.22. The van der Waals surface area contributed by atoms with Crippen LogP contribution in [0.1, 0.15) is 56.3 Å². The van der Waals surface area contributed by atoms with E-state index >= 15 is 0 Å². The average molecular weight is 347 g/mol. The molecule has 0 spiro atoms. The summed E-state index contributed by atoms with van der Waals surface area (Å²) in [6, 6.07) is 1.74. The van der Waals surface area contributed by atoms with Gasteiger partial charge in [0.1, 0.15) is 11.8 Å². The van der Waals surface area contributed by atoms with E-state index in [-0.39, 0.29) is 24.0 Å². The fourth-order valence-corrected chi connectivity index (χ4v) is 3.93. The molecule has 3 rings (SSSR count). The first-order valence-corrected chi connectivity index (χ1v) is 9.41. The van der Waals surface area contributed by atoms with Crippen molar-refractivity contribution in [2.75, 3.05) is 13.6 Å². The smallest absolute Gasteiger partial charge is 0.318 e. The lowest BCUT2D eigenvalue weighted by Crippen LogP contribution is -2.52. The highest BCUT2D eigenvalue weighted by atomic mass is 16.3. The second-order valence-corrected chi connectivity index (χ2v) is 7.33. The molecule has 1 saturated heterocycles. The number of hydrogen-bond acceptors (Lipinski definition) is 3. The monoisotopic (exact) mass is 347 g/mol. The number of likely N-dealkylation sites (tertiary alicyclic amines) is 1. The van der Waals surface area contributed by atoms with Gasteiger partial charge in [-0.05, 0) is 38.7 Å². The predicted octanol–water partition coefficient (Wildman–Crippen LogP) is 3.05. The van der Waals surface area contributed by atoms with Crippen molar-refractivity contribution in [3.63, 3.8) is 0 Å². The number of furan rings is 1. The molecule has 0 bridgehead atoms. The van der Waals surface area contributed by atoms with Gasteiger partial charge in [-0.25, -0.2) is 4.79 Å². The van der Waals surface area contributed by atoms with Gasteiger partial charge in [-0.3, -0.25) is 4.79 Å². The molecule has 0 unspecified atom stereocenters. The van der Waals surface area contributed by atoms with Crippen LogP contribution in [0.25, 0.3) is 0 Å². The van der Waals surface area contributed by atoms with Crippen molar-refractivity contribution in [3.05, 3.63) is 23.7 Å². The summed E-state index contributed by atoms with van der Waals surface area (Å²) in [4.78, 5) is 28.9. The number of likely N-dealkylation sites (N-methyl/N-ethyl adjacent to an activating group) is 1. The quantitative estimate of drug-likeness (QED) is 0.910. The first-order chi connectivity index (χ1) is 12.1. The van der Waals surface area contributed by atoms with Crippen LogP contribution in [0.15, 0.2) is 16.7 Å². The van der Waals surface area contributed by atoms with E-state index in [0.29, 0.717) is 13.1 Å². The zero-order valence-corrected chi connectivity index (χ0v) is 15.3. The lowest BCUT2D eigenvalue weighted by molar-refractivity contribution is -0.134. The van der Waals surface area contributed by atoms with Gasteiger partial charge in [0.15, 0.2) is 0 Å². The minimum atomic E-state index is -0.346. The Bertz CT molecular complexity index is 607. The van der Waals surface area contributed by atoms with E-state index in [1.165, 1.54) is 19.3 Å². The van der Waals surface area contributed by atoms with Crippen LogP contribution in [0.2, 0.25) is 0 Å². The lowest BCUT2D eigenvalue weighted by atomic mass is 9.96. The second-order valence-electron chi connectivity index (χ2n) is 7.33. The van der Waals surface area contributed by atoms with Crippen molar-refractivity contribution >= 4 is 11.9 Å². The molecule has 2 fully saturated rings. The highest BCUT2D eigenvalue weighted by Gasteiger charge is 2.36. The number of carbonyl (C=O) groups excluding carboxylic acids is 2. The van der Waals surface area contributed by atoms with Crippen molar-refractivity contribution in [2.24, 2.45) is 0 Å². The molecular weight excluding hydrogens is 318 g/mol.